The standard InChI is InChI=1S/C22H27F3N2O2/c23-22(24,25)19-7-4-8-20(15-19)27-12-10-26(11-13-27)16-21(28)17-29-14-9-18-5-2-1-3-6-18/h1-8,15,21,28H,9-14,16-17H2. The zero-order chi connectivity index (χ0) is 20.7. The van der Waals surface area contributed by atoms with Gasteiger partial charge in [-0.05, 0) is 30.2 Å². The Hall–Kier alpha value is -2.09. The minimum atomic E-state index is -4.33. The summed E-state index contributed by atoms with van der Waals surface area (Å²) in [6, 6.07) is 15.5. The highest BCUT2D eigenvalue weighted by Crippen LogP contribution is 2.31. The fraction of sp³-hybridized carbons (Fsp3) is 0.455. The Labute approximate surface area is 169 Å². The highest BCUT2D eigenvalue weighted by Gasteiger charge is 2.31. The van der Waals surface area contributed by atoms with Crippen LogP contribution in [0.15, 0.2) is 54.6 Å². The van der Waals surface area contributed by atoms with Gasteiger partial charge in [0.15, 0.2) is 0 Å². The van der Waals surface area contributed by atoms with Crippen LogP contribution in [-0.2, 0) is 17.3 Å². The van der Waals surface area contributed by atoms with Gasteiger partial charge in [-0.1, -0.05) is 36.4 Å². The van der Waals surface area contributed by atoms with Crippen molar-refractivity contribution in [3.05, 3.63) is 65.7 Å². The number of hydrogen-bond donors (Lipinski definition) is 1. The van der Waals surface area contributed by atoms with Crippen LogP contribution in [0.2, 0.25) is 0 Å². The molecule has 1 atom stereocenters. The number of benzene rings is 2. The molecule has 7 heteroatoms. The monoisotopic (exact) mass is 408 g/mol. The first-order valence-electron chi connectivity index (χ1n) is 9.86. The number of hydrogen-bond acceptors (Lipinski definition) is 4. The second-order valence-corrected chi connectivity index (χ2v) is 7.30. The molecule has 0 aliphatic carbocycles. The summed E-state index contributed by atoms with van der Waals surface area (Å²) in [6.45, 7) is 3.98. The highest BCUT2D eigenvalue weighted by molar-refractivity contribution is 5.49. The summed E-state index contributed by atoms with van der Waals surface area (Å²) in [4.78, 5) is 4.07. The molecule has 1 N–H and O–H groups in total. The maximum Gasteiger partial charge on any atom is 0.416 e. The summed E-state index contributed by atoms with van der Waals surface area (Å²) < 4.78 is 44.3. The van der Waals surface area contributed by atoms with Gasteiger partial charge in [-0.2, -0.15) is 13.2 Å². The molecule has 29 heavy (non-hydrogen) atoms. The maximum atomic E-state index is 12.9. The smallest absolute Gasteiger partial charge is 0.389 e. The van der Waals surface area contributed by atoms with Gasteiger partial charge >= 0.3 is 6.18 Å². The minimum absolute atomic E-state index is 0.278. The van der Waals surface area contributed by atoms with E-state index in [1.54, 1.807) is 6.07 Å². The third-order valence-electron chi connectivity index (χ3n) is 5.07. The average Bonchev–Trinajstić information content (AvgIpc) is 2.72. The van der Waals surface area contributed by atoms with Crippen molar-refractivity contribution in [2.75, 3.05) is 50.8 Å². The van der Waals surface area contributed by atoms with Crippen LogP contribution in [0.25, 0.3) is 0 Å². The van der Waals surface area contributed by atoms with Crippen LogP contribution in [0.4, 0.5) is 18.9 Å². The molecule has 0 saturated carbocycles. The lowest BCUT2D eigenvalue weighted by Crippen LogP contribution is -2.49. The molecule has 1 aliphatic rings. The molecular weight excluding hydrogens is 381 g/mol. The van der Waals surface area contributed by atoms with Crippen LogP contribution in [-0.4, -0.2) is 62.0 Å². The summed E-state index contributed by atoms with van der Waals surface area (Å²) in [5.41, 5.74) is 1.16. The molecule has 4 nitrogen and oxygen atoms in total. The molecule has 2 aromatic carbocycles. The van der Waals surface area contributed by atoms with E-state index in [0.29, 0.717) is 45.0 Å². The van der Waals surface area contributed by atoms with Crippen molar-refractivity contribution in [3.8, 4) is 0 Å². The molecule has 1 saturated heterocycles. The lowest BCUT2D eigenvalue weighted by Gasteiger charge is -2.37. The van der Waals surface area contributed by atoms with Gasteiger partial charge in [0.2, 0.25) is 0 Å². The van der Waals surface area contributed by atoms with Crippen LogP contribution in [0.3, 0.4) is 0 Å². The normalized spacial score (nSPS) is 16.8. The number of piperazine rings is 1. The Balaban J connectivity index is 1.37. The van der Waals surface area contributed by atoms with Crippen molar-refractivity contribution < 1.29 is 23.0 Å². The van der Waals surface area contributed by atoms with Gasteiger partial charge in [-0.3, -0.25) is 4.90 Å². The van der Waals surface area contributed by atoms with Gasteiger partial charge in [0, 0.05) is 38.4 Å². The van der Waals surface area contributed by atoms with E-state index in [4.69, 9.17) is 4.74 Å². The highest BCUT2D eigenvalue weighted by atomic mass is 19.4. The Morgan fingerprint density at radius 1 is 0.966 bits per heavy atom. The molecule has 2 aromatic rings. The van der Waals surface area contributed by atoms with E-state index < -0.39 is 17.8 Å². The minimum Gasteiger partial charge on any atom is -0.389 e. The van der Waals surface area contributed by atoms with Crippen molar-refractivity contribution >= 4 is 5.69 Å². The van der Waals surface area contributed by atoms with E-state index in [9.17, 15) is 18.3 Å². The number of rotatable bonds is 8. The quantitative estimate of drug-likeness (QED) is 0.679. The largest absolute Gasteiger partial charge is 0.416 e. The molecule has 0 radical (unpaired) electrons. The first-order valence-corrected chi connectivity index (χ1v) is 9.86. The number of alkyl halides is 3. The Morgan fingerprint density at radius 3 is 2.38 bits per heavy atom. The predicted octanol–water partition coefficient (Wildman–Crippen LogP) is 3.45. The summed E-state index contributed by atoms with van der Waals surface area (Å²) in [5, 5.41) is 10.2. The number of aliphatic hydroxyl groups excluding tert-OH is 1. The maximum absolute atomic E-state index is 12.9. The lowest BCUT2D eigenvalue weighted by atomic mass is 10.1. The van der Waals surface area contributed by atoms with E-state index in [1.807, 2.05) is 35.2 Å². The third-order valence-corrected chi connectivity index (χ3v) is 5.07. The van der Waals surface area contributed by atoms with Crippen molar-refractivity contribution in [1.82, 2.24) is 4.90 Å². The predicted molar refractivity (Wildman–Crippen MR) is 107 cm³/mol. The molecule has 0 spiro atoms. The fourth-order valence-corrected chi connectivity index (χ4v) is 3.47. The number of β-amino-alcohol motifs (C(OH)–C–C–N with tert-alkyl or cyclic N) is 1. The SMILES string of the molecule is OC(COCCc1ccccc1)CN1CCN(c2cccc(C(F)(F)F)c2)CC1. The molecule has 158 valence electrons. The molecular formula is C22H27F3N2O2. The van der Waals surface area contributed by atoms with E-state index >= 15 is 0 Å². The van der Waals surface area contributed by atoms with Crippen molar-refractivity contribution in [2.24, 2.45) is 0 Å². The zero-order valence-corrected chi connectivity index (χ0v) is 16.3. The number of halogens is 3. The fourth-order valence-electron chi connectivity index (χ4n) is 3.47. The van der Waals surface area contributed by atoms with Gasteiger partial charge in [-0.15, -0.1) is 0 Å². The van der Waals surface area contributed by atoms with Gasteiger partial charge in [0.1, 0.15) is 0 Å². The van der Waals surface area contributed by atoms with Crippen molar-refractivity contribution in [2.45, 2.75) is 18.7 Å². The molecule has 1 fully saturated rings. The lowest BCUT2D eigenvalue weighted by molar-refractivity contribution is -0.137. The Morgan fingerprint density at radius 2 is 1.69 bits per heavy atom. The van der Waals surface area contributed by atoms with Crippen molar-refractivity contribution in [1.29, 1.82) is 0 Å². The molecule has 0 amide bonds. The van der Waals surface area contributed by atoms with Crippen LogP contribution >= 0.6 is 0 Å². The first kappa shape index (κ1) is 21.6. The van der Waals surface area contributed by atoms with Gasteiger partial charge < -0.3 is 14.7 Å². The second kappa shape index (κ2) is 10.1. The topological polar surface area (TPSA) is 35.9 Å². The number of nitrogens with zero attached hydrogens (tertiary/aromatic N) is 2. The van der Waals surface area contributed by atoms with Crippen LogP contribution in [0, 0.1) is 0 Å². The summed E-state index contributed by atoms with van der Waals surface area (Å²) >= 11 is 0. The van der Waals surface area contributed by atoms with Crippen molar-refractivity contribution in [3.63, 3.8) is 0 Å². The number of anilines is 1. The van der Waals surface area contributed by atoms with Gasteiger partial charge in [0.05, 0.1) is 24.9 Å². The molecule has 0 aromatic heterocycles. The molecule has 1 aliphatic heterocycles. The van der Waals surface area contributed by atoms with Gasteiger partial charge in [0.25, 0.3) is 0 Å². The van der Waals surface area contributed by atoms with E-state index in [-0.39, 0.29) is 6.61 Å². The van der Waals surface area contributed by atoms with Crippen LogP contribution in [0.1, 0.15) is 11.1 Å². The van der Waals surface area contributed by atoms with Crippen LogP contribution in [0.5, 0.6) is 0 Å². The first-order chi connectivity index (χ1) is 13.9. The zero-order valence-electron chi connectivity index (χ0n) is 16.3. The number of ether oxygens (including phenoxy) is 1. The second-order valence-electron chi connectivity index (χ2n) is 7.30. The number of aliphatic hydroxyl groups is 1. The molecule has 0 bridgehead atoms. The Bertz CT molecular complexity index is 747. The summed E-state index contributed by atoms with van der Waals surface area (Å²) in [6.07, 6.45) is -4.10. The van der Waals surface area contributed by atoms with E-state index in [2.05, 4.69) is 4.90 Å². The summed E-state index contributed by atoms with van der Waals surface area (Å²) in [7, 11) is 0. The Kier molecular flexibility index (Phi) is 7.52. The average molecular weight is 408 g/mol. The molecule has 1 heterocycles. The third kappa shape index (κ3) is 6.73. The summed E-state index contributed by atoms with van der Waals surface area (Å²) in [5.74, 6) is 0. The van der Waals surface area contributed by atoms with Gasteiger partial charge in [-0.25, -0.2) is 0 Å². The molecule has 3 rings (SSSR count). The van der Waals surface area contributed by atoms with Crippen LogP contribution < -0.4 is 4.90 Å². The van der Waals surface area contributed by atoms with E-state index in [0.717, 1.165) is 12.5 Å². The molecule has 1 unspecified atom stereocenters. The van der Waals surface area contributed by atoms with E-state index in [1.165, 1.54) is 17.7 Å².